The van der Waals surface area contributed by atoms with Gasteiger partial charge in [0.15, 0.2) is 9.84 Å². The second kappa shape index (κ2) is 9.21. The second-order valence-corrected chi connectivity index (χ2v) is 11.4. The predicted octanol–water partition coefficient (Wildman–Crippen LogP) is 2.30. The van der Waals surface area contributed by atoms with Gasteiger partial charge in [0.2, 0.25) is 15.9 Å². The minimum absolute atomic E-state index is 0.0310. The first kappa shape index (κ1) is 23.6. The largest absolute Gasteiger partial charge is 0.379 e. The number of hydrogen-bond acceptors (Lipinski definition) is 6. The summed E-state index contributed by atoms with van der Waals surface area (Å²) >= 11 is 6.09. The Labute approximate surface area is 184 Å². The maximum Gasteiger partial charge on any atom is 0.244 e. The molecule has 1 amide bonds. The van der Waals surface area contributed by atoms with Crippen molar-refractivity contribution in [1.82, 2.24) is 4.31 Å². The molecule has 1 saturated heterocycles. The van der Waals surface area contributed by atoms with Crippen LogP contribution < -0.4 is 5.32 Å². The molecule has 8 nitrogen and oxygen atoms in total. The molecule has 1 aliphatic rings. The van der Waals surface area contributed by atoms with E-state index in [0.717, 1.165) is 24.3 Å². The lowest BCUT2D eigenvalue weighted by Gasteiger charge is -2.26. The van der Waals surface area contributed by atoms with Crippen molar-refractivity contribution in [1.29, 1.82) is 0 Å². The summed E-state index contributed by atoms with van der Waals surface area (Å²) in [6.45, 7) is 2.04. The van der Waals surface area contributed by atoms with Crippen LogP contribution in [0.3, 0.4) is 0 Å². The normalized spacial score (nSPS) is 16.6. The standard InChI is InChI=1S/C19H20ClFN2O6S2/c1-13(30(25,26)16-5-2-14(21)3-6-16)19(24)22-15-4-7-17(20)18(12-15)31(27,28)23-8-10-29-11-9-23/h2-7,12-13H,8-11H2,1H3,(H,22,24). The molecule has 0 bridgehead atoms. The number of amides is 1. The zero-order valence-corrected chi connectivity index (χ0v) is 18.8. The molecule has 1 N–H and O–H groups in total. The number of morpholine rings is 1. The number of nitrogens with one attached hydrogen (secondary N) is 1. The van der Waals surface area contributed by atoms with E-state index in [9.17, 15) is 26.0 Å². The SMILES string of the molecule is CC(C(=O)Nc1ccc(Cl)c(S(=O)(=O)N2CCOCC2)c1)S(=O)(=O)c1ccc(F)cc1. The molecule has 1 aliphatic heterocycles. The highest BCUT2D eigenvalue weighted by Gasteiger charge is 2.31. The van der Waals surface area contributed by atoms with Crippen molar-refractivity contribution in [2.24, 2.45) is 0 Å². The third-order valence-corrected chi connectivity index (χ3v) is 9.22. The molecule has 0 radical (unpaired) electrons. The van der Waals surface area contributed by atoms with Crippen LogP contribution in [0.2, 0.25) is 5.02 Å². The van der Waals surface area contributed by atoms with Gasteiger partial charge < -0.3 is 10.1 Å². The van der Waals surface area contributed by atoms with Crippen molar-refractivity contribution in [2.45, 2.75) is 22.0 Å². The second-order valence-electron chi connectivity index (χ2n) is 6.79. The number of benzene rings is 2. The van der Waals surface area contributed by atoms with E-state index in [1.54, 1.807) is 0 Å². The fourth-order valence-electron chi connectivity index (χ4n) is 2.92. The van der Waals surface area contributed by atoms with Crippen LogP contribution in [0.25, 0.3) is 0 Å². The first-order chi connectivity index (χ1) is 14.5. The monoisotopic (exact) mass is 490 g/mol. The fourth-order valence-corrected chi connectivity index (χ4v) is 6.09. The first-order valence-corrected chi connectivity index (χ1v) is 12.6. The van der Waals surface area contributed by atoms with E-state index in [1.807, 2.05) is 0 Å². The maximum atomic E-state index is 13.1. The number of hydrogen-bond donors (Lipinski definition) is 1. The molecular formula is C19H20ClFN2O6S2. The topological polar surface area (TPSA) is 110 Å². The number of rotatable bonds is 6. The highest BCUT2D eigenvalue weighted by atomic mass is 35.5. The minimum atomic E-state index is -4.08. The van der Waals surface area contributed by atoms with Gasteiger partial charge in [-0.15, -0.1) is 0 Å². The van der Waals surface area contributed by atoms with Crippen LogP contribution >= 0.6 is 11.6 Å². The number of ether oxygens (including phenoxy) is 1. The van der Waals surface area contributed by atoms with Gasteiger partial charge in [0.25, 0.3) is 0 Å². The molecule has 0 spiro atoms. The van der Waals surface area contributed by atoms with Gasteiger partial charge in [0, 0.05) is 18.8 Å². The summed E-state index contributed by atoms with van der Waals surface area (Å²) in [5.74, 6) is -1.48. The lowest BCUT2D eigenvalue weighted by Crippen LogP contribution is -2.40. The lowest BCUT2D eigenvalue weighted by atomic mass is 10.3. The van der Waals surface area contributed by atoms with Crippen LogP contribution in [-0.2, 0) is 29.4 Å². The molecule has 12 heteroatoms. The zero-order valence-electron chi connectivity index (χ0n) is 16.4. The molecule has 1 atom stereocenters. The number of carbonyl (C=O) groups is 1. The summed E-state index contributed by atoms with van der Waals surface area (Å²) in [6.07, 6.45) is 0. The molecule has 1 unspecified atom stereocenters. The molecule has 3 rings (SSSR count). The maximum absolute atomic E-state index is 13.1. The molecule has 2 aromatic carbocycles. The highest BCUT2D eigenvalue weighted by molar-refractivity contribution is 7.92. The zero-order chi connectivity index (χ0) is 22.8. The summed E-state index contributed by atoms with van der Waals surface area (Å²) in [7, 11) is -8.01. The minimum Gasteiger partial charge on any atom is -0.379 e. The number of anilines is 1. The Balaban J connectivity index is 1.83. The summed E-state index contributed by atoms with van der Waals surface area (Å²) in [4.78, 5) is 12.2. The molecule has 0 aromatic heterocycles. The number of sulfonamides is 1. The number of sulfone groups is 1. The molecule has 0 aliphatic carbocycles. The van der Waals surface area contributed by atoms with Crippen molar-refractivity contribution in [3.8, 4) is 0 Å². The summed E-state index contributed by atoms with van der Waals surface area (Å²) in [5, 5.41) is 0.876. The lowest BCUT2D eigenvalue weighted by molar-refractivity contribution is -0.115. The number of halogens is 2. The quantitative estimate of drug-likeness (QED) is 0.622. The molecule has 1 heterocycles. The predicted molar refractivity (Wildman–Crippen MR) is 113 cm³/mol. The van der Waals surface area contributed by atoms with Crippen molar-refractivity contribution >= 4 is 43.1 Å². The molecular weight excluding hydrogens is 471 g/mol. The van der Waals surface area contributed by atoms with E-state index < -0.39 is 36.8 Å². The Bertz CT molecular complexity index is 1180. The van der Waals surface area contributed by atoms with Crippen LogP contribution in [-0.4, -0.2) is 58.6 Å². The Morgan fingerprint density at radius 1 is 1.10 bits per heavy atom. The summed E-state index contributed by atoms with van der Waals surface area (Å²) in [6, 6.07) is 7.98. The van der Waals surface area contributed by atoms with Gasteiger partial charge in [-0.2, -0.15) is 4.31 Å². The number of nitrogens with zero attached hydrogens (tertiary/aromatic N) is 1. The van der Waals surface area contributed by atoms with Gasteiger partial charge in [-0.05, 0) is 49.4 Å². The van der Waals surface area contributed by atoms with Crippen molar-refractivity contribution in [3.05, 3.63) is 53.3 Å². The molecule has 2 aromatic rings. The van der Waals surface area contributed by atoms with Gasteiger partial charge in [0.1, 0.15) is 16.0 Å². The third kappa shape index (κ3) is 5.07. The van der Waals surface area contributed by atoms with Gasteiger partial charge >= 0.3 is 0 Å². The van der Waals surface area contributed by atoms with Crippen LogP contribution in [0.1, 0.15) is 6.92 Å². The average Bonchev–Trinajstić information content (AvgIpc) is 2.75. The molecule has 0 saturated carbocycles. The molecule has 168 valence electrons. The van der Waals surface area contributed by atoms with Crippen LogP contribution in [0.4, 0.5) is 10.1 Å². The Kier molecular flexibility index (Phi) is 7.01. The van der Waals surface area contributed by atoms with E-state index in [4.69, 9.17) is 16.3 Å². The van der Waals surface area contributed by atoms with Crippen molar-refractivity contribution in [2.75, 3.05) is 31.6 Å². The van der Waals surface area contributed by atoms with Crippen molar-refractivity contribution < 1.29 is 30.8 Å². The Morgan fingerprint density at radius 2 is 1.71 bits per heavy atom. The first-order valence-electron chi connectivity index (χ1n) is 9.21. The van der Waals surface area contributed by atoms with Crippen molar-refractivity contribution in [3.63, 3.8) is 0 Å². The average molecular weight is 491 g/mol. The van der Waals surface area contributed by atoms with Gasteiger partial charge in [0.05, 0.1) is 23.1 Å². The van der Waals surface area contributed by atoms with Crippen LogP contribution in [0.5, 0.6) is 0 Å². The van der Waals surface area contributed by atoms with Crippen LogP contribution in [0.15, 0.2) is 52.3 Å². The third-order valence-electron chi connectivity index (χ3n) is 4.76. The Hall–Kier alpha value is -2.05. The van der Waals surface area contributed by atoms with Gasteiger partial charge in [-0.25, -0.2) is 21.2 Å². The van der Waals surface area contributed by atoms with Gasteiger partial charge in [-0.3, -0.25) is 4.79 Å². The fraction of sp³-hybridized carbons (Fsp3) is 0.316. The summed E-state index contributed by atoms with van der Waals surface area (Å²) in [5.41, 5.74) is 0.0717. The van der Waals surface area contributed by atoms with E-state index in [0.29, 0.717) is 0 Å². The molecule has 1 fully saturated rings. The highest BCUT2D eigenvalue weighted by Crippen LogP contribution is 2.29. The van der Waals surface area contributed by atoms with E-state index in [1.165, 1.54) is 29.4 Å². The smallest absolute Gasteiger partial charge is 0.244 e. The molecule has 31 heavy (non-hydrogen) atoms. The van der Waals surface area contributed by atoms with E-state index in [2.05, 4.69) is 5.32 Å². The van der Waals surface area contributed by atoms with E-state index >= 15 is 0 Å². The summed E-state index contributed by atoms with van der Waals surface area (Å²) < 4.78 is 70.6. The van der Waals surface area contributed by atoms with Gasteiger partial charge in [-0.1, -0.05) is 11.6 Å². The van der Waals surface area contributed by atoms with Crippen LogP contribution in [0, 0.1) is 5.82 Å². The Morgan fingerprint density at radius 3 is 2.32 bits per heavy atom. The van der Waals surface area contributed by atoms with E-state index in [-0.39, 0.29) is 46.8 Å². The number of carbonyl (C=O) groups excluding carboxylic acids is 1.